The van der Waals surface area contributed by atoms with Crippen molar-refractivity contribution in [3.8, 4) is 16.9 Å². The molecule has 0 spiro atoms. The minimum atomic E-state index is -2.33. The van der Waals surface area contributed by atoms with Crippen LogP contribution in [0.15, 0.2) is 59.5 Å². The molecule has 27 heavy (non-hydrogen) atoms. The lowest BCUT2D eigenvalue weighted by Gasteiger charge is -2.10. The summed E-state index contributed by atoms with van der Waals surface area (Å²) >= 11 is 3.61. The van der Waals surface area contributed by atoms with Crippen molar-refractivity contribution in [3.63, 3.8) is 0 Å². The molecule has 0 bridgehead atoms. The second-order valence-corrected chi connectivity index (χ2v) is 6.94. The molecule has 3 rings (SSSR count). The van der Waals surface area contributed by atoms with E-state index in [0.717, 1.165) is 5.56 Å². The predicted molar refractivity (Wildman–Crippen MR) is 98.1 cm³/mol. The van der Waals surface area contributed by atoms with Crippen molar-refractivity contribution in [3.05, 3.63) is 65.3 Å². The molecule has 140 valence electrons. The van der Waals surface area contributed by atoms with Gasteiger partial charge in [0.15, 0.2) is 0 Å². The highest BCUT2D eigenvalue weighted by atomic mass is 35.5. The summed E-state index contributed by atoms with van der Waals surface area (Å²) in [5.74, 6) is 0. The van der Waals surface area contributed by atoms with Crippen LogP contribution in [0.4, 0.5) is 4.79 Å². The molecule has 0 radical (unpaired) electrons. The molecule has 0 saturated heterocycles. The smallest absolute Gasteiger partial charge is 0.338 e. The fraction of sp³-hybridized carbons (Fsp3) is 0.0588. The van der Waals surface area contributed by atoms with Crippen LogP contribution in [0.3, 0.4) is 0 Å². The van der Waals surface area contributed by atoms with Gasteiger partial charge < -0.3 is 10.3 Å². The minimum Gasteiger partial charge on any atom is -0.768 e. The first-order valence-corrected chi connectivity index (χ1v) is 9.11. The molecular formula is C17H14ClN4O4S-. The van der Waals surface area contributed by atoms with E-state index in [4.69, 9.17) is 17.3 Å². The zero-order valence-electron chi connectivity index (χ0n) is 13.8. The Morgan fingerprint density at radius 1 is 1.22 bits per heavy atom. The molecule has 0 aliphatic rings. The number of nitrogens with two attached hydrogens (primary N) is 1. The van der Waals surface area contributed by atoms with E-state index in [2.05, 4.69) is 5.10 Å². The van der Waals surface area contributed by atoms with Crippen LogP contribution in [0.1, 0.15) is 5.69 Å². The Balaban J connectivity index is 2.06. The highest BCUT2D eigenvalue weighted by Gasteiger charge is 2.15. The lowest BCUT2D eigenvalue weighted by atomic mass is 10.1. The molecule has 1 aromatic heterocycles. The summed E-state index contributed by atoms with van der Waals surface area (Å²) in [6, 6.07) is 13.8. The van der Waals surface area contributed by atoms with Crippen LogP contribution in [0, 0.1) is 0 Å². The van der Waals surface area contributed by atoms with E-state index in [1.165, 1.54) is 12.1 Å². The second kappa shape index (κ2) is 7.89. The Morgan fingerprint density at radius 2 is 1.85 bits per heavy atom. The van der Waals surface area contributed by atoms with Gasteiger partial charge in [0.2, 0.25) is 0 Å². The highest BCUT2D eigenvalue weighted by Crippen LogP contribution is 2.26. The fourth-order valence-corrected chi connectivity index (χ4v) is 2.94. The Labute approximate surface area is 162 Å². The third kappa shape index (κ3) is 4.34. The van der Waals surface area contributed by atoms with Gasteiger partial charge >= 0.3 is 6.03 Å². The standard InChI is InChI=1S/C17H15ClN4O4S/c18-12-3-1-11(2-4-12)16-9-13(10-21(24)17(19)23)20-22(16)14-5-7-15(8-6-14)27(25)26/h1-9,24H,10H2,(H2,19,23)(H,25,26)/p-1. The molecule has 0 aliphatic heterocycles. The van der Waals surface area contributed by atoms with Crippen LogP contribution < -0.4 is 5.73 Å². The molecule has 0 saturated carbocycles. The number of rotatable bonds is 5. The first kappa shape index (κ1) is 19.1. The highest BCUT2D eigenvalue weighted by molar-refractivity contribution is 7.79. The lowest BCUT2D eigenvalue weighted by Crippen LogP contribution is -2.32. The molecule has 8 nitrogen and oxygen atoms in total. The summed E-state index contributed by atoms with van der Waals surface area (Å²) in [4.78, 5) is 11.2. The van der Waals surface area contributed by atoms with Crippen LogP contribution in [0.5, 0.6) is 0 Å². The van der Waals surface area contributed by atoms with Crippen molar-refractivity contribution >= 4 is 28.7 Å². The van der Waals surface area contributed by atoms with E-state index in [1.54, 1.807) is 47.1 Å². The number of halogens is 1. The average molecular weight is 406 g/mol. The normalized spacial score (nSPS) is 12.0. The van der Waals surface area contributed by atoms with Crippen molar-refractivity contribution in [1.29, 1.82) is 0 Å². The van der Waals surface area contributed by atoms with Gasteiger partial charge in [0.05, 0.1) is 23.6 Å². The summed E-state index contributed by atoms with van der Waals surface area (Å²) in [7, 11) is 0. The monoisotopic (exact) mass is 405 g/mol. The van der Waals surface area contributed by atoms with Crippen molar-refractivity contribution in [2.24, 2.45) is 5.73 Å². The molecule has 2 amide bonds. The fourth-order valence-electron chi connectivity index (χ4n) is 2.46. The molecule has 2 aromatic carbocycles. The number of benzene rings is 2. The Morgan fingerprint density at radius 3 is 2.41 bits per heavy atom. The SMILES string of the molecule is NC(=O)N(O)Cc1cc(-c2ccc(Cl)cc2)n(-c2ccc(S(=O)[O-])cc2)n1. The van der Waals surface area contributed by atoms with Crippen molar-refractivity contribution in [2.45, 2.75) is 11.4 Å². The van der Waals surface area contributed by atoms with Gasteiger partial charge in [-0.1, -0.05) is 23.7 Å². The van der Waals surface area contributed by atoms with Crippen LogP contribution in [0.25, 0.3) is 16.9 Å². The maximum atomic E-state index is 11.1. The van der Waals surface area contributed by atoms with Crippen LogP contribution in [-0.2, 0) is 17.6 Å². The Kier molecular flexibility index (Phi) is 5.57. The van der Waals surface area contributed by atoms with E-state index in [9.17, 15) is 18.8 Å². The molecule has 1 unspecified atom stereocenters. The first-order valence-electron chi connectivity index (χ1n) is 7.65. The summed E-state index contributed by atoms with van der Waals surface area (Å²) in [5, 5.41) is 14.9. The van der Waals surface area contributed by atoms with E-state index >= 15 is 0 Å². The molecule has 3 N–H and O–H groups in total. The Hall–Kier alpha value is -2.72. The average Bonchev–Trinajstić information content (AvgIpc) is 3.06. The number of hydrogen-bond acceptors (Lipinski definition) is 5. The van der Waals surface area contributed by atoms with E-state index < -0.39 is 17.1 Å². The van der Waals surface area contributed by atoms with Gasteiger partial charge in [0, 0.05) is 15.5 Å². The van der Waals surface area contributed by atoms with Gasteiger partial charge in [-0.15, -0.1) is 0 Å². The van der Waals surface area contributed by atoms with Gasteiger partial charge in [0.1, 0.15) is 0 Å². The summed E-state index contributed by atoms with van der Waals surface area (Å²) < 4.78 is 23.7. The summed E-state index contributed by atoms with van der Waals surface area (Å²) in [6.07, 6.45) is 0. The number of hydrogen-bond donors (Lipinski definition) is 2. The maximum absolute atomic E-state index is 11.1. The number of carbonyl (C=O) groups is 1. The van der Waals surface area contributed by atoms with Gasteiger partial charge in [-0.3, -0.25) is 9.42 Å². The number of aromatic nitrogens is 2. The van der Waals surface area contributed by atoms with Crippen molar-refractivity contribution in [1.82, 2.24) is 14.8 Å². The second-order valence-electron chi connectivity index (χ2n) is 5.56. The molecular weight excluding hydrogens is 392 g/mol. The molecule has 0 fully saturated rings. The third-order valence-electron chi connectivity index (χ3n) is 3.74. The predicted octanol–water partition coefficient (Wildman–Crippen LogP) is 2.70. The molecule has 10 heteroatoms. The summed E-state index contributed by atoms with van der Waals surface area (Å²) in [6.45, 7) is -0.203. The van der Waals surface area contributed by atoms with E-state index in [1.807, 2.05) is 0 Å². The quantitative estimate of drug-likeness (QED) is 0.383. The number of carbonyl (C=O) groups excluding carboxylic acids is 1. The number of hydroxylamine groups is 2. The van der Waals surface area contributed by atoms with E-state index in [-0.39, 0.29) is 11.4 Å². The topological polar surface area (TPSA) is 125 Å². The molecule has 3 aromatic rings. The van der Waals surface area contributed by atoms with E-state index in [0.29, 0.717) is 27.2 Å². The maximum Gasteiger partial charge on any atom is 0.338 e. The number of urea groups is 1. The molecule has 1 heterocycles. The Bertz CT molecular complexity index is 989. The minimum absolute atomic E-state index is 0.148. The molecule has 0 aliphatic carbocycles. The molecule has 1 atom stereocenters. The van der Waals surface area contributed by atoms with Crippen LogP contribution in [-0.4, -0.2) is 34.8 Å². The third-order valence-corrected chi connectivity index (χ3v) is 4.65. The number of primary amides is 1. The zero-order chi connectivity index (χ0) is 19.6. The number of amides is 2. The van der Waals surface area contributed by atoms with Crippen LogP contribution in [0.2, 0.25) is 5.02 Å². The first-order chi connectivity index (χ1) is 12.8. The lowest BCUT2D eigenvalue weighted by molar-refractivity contribution is -0.0479. The summed E-state index contributed by atoms with van der Waals surface area (Å²) in [5.41, 5.74) is 7.48. The van der Waals surface area contributed by atoms with Gasteiger partial charge in [-0.05, 0) is 53.5 Å². The van der Waals surface area contributed by atoms with Gasteiger partial charge in [-0.25, -0.2) is 14.5 Å². The largest absolute Gasteiger partial charge is 0.768 e. The van der Waals surface area contributed by atoms with Crippen molar-refractivity contribution in [2.75, 3.05) is 0 Å². The zero-order valence-corrected chi connectivity index (χ0v) is 15.4. The number of nitrogens with zero attached hydrogens (tertiary/aromatic N) is 3. The van der Waals surface area contributed by atoms with Gasteiger partial charge in [-0.2, -0.15) is 5.10 Å². The van der Waals surface area contributed by atoms with Crippen LogP contribution >= 0.6 is 11.6 Å². The van der Waals surface area contributed by atoms with Crippen molar-refractivity contribution < 1.29 is 18.8 Å². The van der Waals surface area contributed by atoms with Gasteiger partial charge in [0.25, 0.3) is 0 Å².